The van der Waals surface area contributed by atoms with E-state index in [0.29, 0.717) is 11.1 Å². The van der Waals surface area contributed by atoms with Crippen LogP contribution in [0.5, 0.6) is 0 Å². The number of esters is 1. The second kappa shape index (κ2) is 5.75. The number of aromatic nitrogens is 1. The van der Waals surface area contributed by atoms with Gasteiger partial charge in [0.1, 0.15) is 11.4 Å². The second-order valence-electron chi connectivity index (χ2n) is 6.05. The van der Waals surface area contributed by atoms with Gasteiger partial charge < -0.3 is 9.30 Å². The van der Waals surface area contributed by atoms with Crippen LogP contribution in [0, 0.1) is 5.82 Å². The summed E-state index contributed by atoms with van der Waals surface area (Å²) in [6, 6.07) is 4.05. The number of benzene rings is 1. The molecule has 0 radical (unpaired) electrons. The Labute approximate surface area is 127 Å². The van der Waals surface area contributed by atoms with E-state index in [1.807, 2.05) is 0 Å². The number of hydrogen-bond donors (Lipinski definition) is 0. The highest BCUT2D eigenvalue weighted by Gasteiger charge is 2.14. The van der Waals surface area contributed by atoms with E-state index >= 15 is 0 Å². The van der Waals surface area contributed by atoms with Crippen LogP contribution in [-0.2, 0) is 16.6 Å². The Morgan fingerprint density at radius 2 is 2.00 bits per heavy atom. The van der Waals surface area contributed by atoms with Crippen LogP contribution < -0.4 is 5.43 Å². The molecule has 0 aliphatic carbocycles. The van der Waals surface area contributed by atoms with E-state index in [-0.39, 0.29) is 10.8 Å². The average Bonchev–Trinajstić information content (AvgIpc) is 2.39. The molecule has 4 nitrogen and oxygen atoms in total. The predicted molar refractivity (Wildman–Crippen MR) is 84.0 cm³/mol. The van der Waals surface area contributed by atoms with Crippen molar-refractivity contribution in [2.24, 2.45) is 7.05 Å². The number of hydrogen-bond acceptors (Lipinski definition) is 3. The number of carbonyl (C=O) groups excluding carboxylic acids is 1. The molecular formula is C17H18FNO3. The molecule has 0 fully saturated rings. The third-order valence-electron chi connectivity index (χ3n) is 2.98. The fraction of sp³-hybridized carbons (Fsp3) is 0.294. The van der Waals surface area contributed by atoms with Crippen LogP contribution in [0.15, 0.2) is 35.3 Å². The van der Waals surface area contributed by atoms with Gasteiger partial charge in [0, 0.05) is 30.3 Å². The lowest BCUT2D eigenvalue weighted by atomic mass is 10.1. The first kappa shape index (κ1) is 15.9. The molecular weight excluding hydrogens is 285 g/mol. The second-order valence-corrected chi connectivity index (χ2v) is 6.05. The monoisotopic (exact) mass is 303 g/mol. The number of pyridine rings is 1. The zero-order valence-corrected chi connectivity index (χ0v) is 13.0. The molecule has 0 N–H and O–H groups in total. The molecule has 0 aliphatic rings. The third kappa shape index (κ3) is 3.61. The quantitative estimate of drug-likeness (QED) is 0.633. The van der Waals surface area contributed by atoms with Gasteiger partial charge in [-0.3, -0.25) is 4.79 Å². The number of aryl methyl sites for hydroxylation is 1. The Morgan fingerprint density at radius 3 is 2.64 bits per heavy atom. The minimum absolute atomic E-state index is 0.272. The first-order valence-electron chi connectivity index (χ1n) is 6.87. The highest BCUT2D eigenvalue weighted by molar-refractivity contribution is 5.88. The average molecular weight is 303 g/mol. The molecule has 2 rings (SSSR count). The molecule has 116 valence electrons. The zero-order valence-electron chi connectivity index (χ0n) is 13.0. The van der Waals surface area contributed by atoms with Crippen LogP contribution in [0.1, 0.15) is 26.3 Å². The van der Waals surface area contributed by atoms with Gasteiger partial charge in [0.2, 0.25) is 0 Å². The molecule has 0 atom stereocenters. The lowest BCUT2D eigenvalue weighted by molar-refractivity contribution is -0.148. The van der Waals surface area contributed by atoms with Gasteiger partial charge >= 0.3 is 5.97 Å². The van der Waals surface area contributed by atoms with Gasteiger partial charge in [-0.1, -0.05) is 0 Å². The van der Waals surface area contributed by atoms with Crippen molar-refractivity contribution in [2.45, 2.75) is 26.4 Å². The fourth-order valence-corrected chi connectivity index (χ4v) is 2.10. The van der Waals surface area contributed by atoms with Gasteiger partial charge in [0.05, 0.1) is 5.52 Å². The molecule has 0 aliphatic heterocycles. The van der Waals surface area contributed by atoms with Gasteiger partial charge in [0.25, 0.3) is 0 Å². The largest absolute Gasteiger partial charge is 0.457 e. The first-order valence-corrected chi connectivity index (χ1v) is 6.87. The number of halogens is 1. The lowest BCUT2D eigenvalue weighted by Gasteiger charge is -2.17. The van der Waals surface area contributed by atoms with E-state index in [1.165, 1.54) is 24.3 Å². The molecule has 22 heavy (non-hydrogen) atoms. The van der Waals surface area contributed by atoms with Crippen molar-refractivity contribution in [2.75, 3.05) is 0 Å². The number of fused-ring (bicyclic) bond motifs is 1. The Morgan fingerprint density at radius 1 is 1.32 bits per heavy atom. The van der Waals surface area contributed by atoms with Gasteiger partial charge in [-0.2, -0.15) is 0 Å². The van der Waals surface area contributed by atoms with Gasteiger partial charge in [0.15, 0.2) is 5.43 Å². The minimum atomic E-state index is -0.598. The summed E-state index contributed by atoms with van der Waals surface area (Å²) in [6.45, 7) is 5.28. The van der Waals surface area contributed by atoms with Crippen molar-refractivity contribution in [3.8, 4) is 0 Å². The summed E-state index contributed by atoms with van der Waals surface area (Å²) in [4.78, 5) is 24.0. The van der Waals surface area contributed by atoms with Gasteiger partial charge in [-0.05, 0) is 45.0 Å². The van der Waals surface area contributed by atoms with E-state index in [2.05, 4.69) is 0 Å². The van der Waals surface area contributed by atoms with E-state index in [9.17, 15) is 14.0 Å². The smallest absolute Gasteiger partial charge is 0.331 e. The molecule has 5 heteroatoms. The highest BCUT2D eigenvalue weighted by Crippen LogP contribution is 2.13. The zero-order chi connectivity index (χ0) is 16.5. The highest BCUT2D eigenvalue weighted by atomic mass is 19.1. The van der Waals surface area contributed by atoms with Crippen molar-refractivity contribution >= 4 is 22.9 Å². The maximum absolute atomic E-state index is 13.3. The van der Waals surface area contributed by atoms with E-state index < -0.39 is 17.4 Å². The van der Waals surface area contributed by atoms with Crippen LogP contribution in [-0.4, -0.2) is 16.1 Å². The third-order valence-corrected chi connectivity index (χ3v) is 2.98. The first-order chi connectivity index (χ1) is 10.2. The molecule has 0 bridgehead atoms. The summed E-state index contributed by atoms with van der Waals surface area (Å²) in [6.07, 6.45) is 4.19. The van der Waals surface area contributed by atoms with E-state index in [4.69, 9.17) is 4.74 Å². The number of rotatable bonds is 2. The Hall–Kier alpha value is -2.43. The van der Waals surface area contributed by atoms with Crippen LogP contribution in [0.3, 0.4) is 0 Å². The summed E-state index contributed by atoms with van der Waals surface area (Å²) >= 11 is 0. The summed E-state index contributed by atoms with van der Waals surface area (Å²) < 4.78 is 20.2. The van der Waals surface area contributed by atoms with Gasteiger partial charge in [-0.15, -0.1) is 0 Å². The fourth-order valence-electron chi connectivity index (χ4n) is 2.10. The predicted octanol–water partition coefficient (Wildman–Crippen LogP) is 3.03. The molecule has 0 saturated carbocycles. The Bertz CT molecular complexity index is 813. The van der Waals surface area contributed by atoms with E-state index in [0.717, 1.165) is 0 Å². The minimum Gasteiger partial charge on any atom is -0.457 e. The molecule has 1 aromatic heterocycles. The van der Waals surface area contributed by atoms with Crippen LogP contribution >= 0.6 is 0 Å². The molecule has 0 amide bonds. The molecule has 2 aromatic rings. The molecule has 0 spiro atoms. The Kier molecular flexibility index (Phi) is 4.17. The summed E-state index contributed by atoms with van der Waals surface area (Å²) in [5.74, 6) is -1.01. The van der Waals surface area contributed by atoms with Crippen LogP contribution in [0.2, 0.25) is 0 Å². The van der Waals surface area contributed by atoms with Crippen molar-refractivity contribution in [3.05, 3.63) is 52.1 Å². The summed E-state index contributed by atoms with van der Waals surface area (Å²) in [5, 5.41) is 0.272. The SMILES string of the molecule is Cn1cc(/C=C/C(=O)OC(C)(C)C)c(=O)c2cc(F)ccc21. The standard InChI is InChI=1S/C17H18FNO3/c1-17(2,3)22-15(20)8-5-11-10-19(4)14-7-6-12(18)9-13(14)16(11)21/h5-10H,1-4H3/b8-5+. The van der Waals surface area contributed by atoms with Gasteiger partial charge in [-0.25, -0.2) is 9.18 Å². The summed E-state index contributed by atoms with van der Waals surface area (Å²) in [5.41, 5.74) is -0.00138. The van der Waals surface area contributed by atoms with E-state index in [1.54, 1.807) is 44.6 Å². The molecule has 1 heterocycles. The van der Waals surface area contributed by atoms with Crippen molar-refractivity contribution in [1.82, 2.24) is 4.57 Å². The maximum Gasteiger partial charge on any atom is 0.331 e. The number of ether oxygens (including phenoxy) is 1. The molecule has 1 aromatic carbocycles. The number of nitrogens with zero attached hydrogens (tertiary/aromatic N) is 1. The van der Waals surface area contributed by atoms with Crippen molar-refractivity contribution in [1.29, 1.82) is 0 Å². The van der Waals surface area contributed by atoms with Crippen LogP contribution in [0.25, 0.3) is 17.0 Å². The summed E-state index contributed by atoms with van der Waals surface area (Å²) in [7, 11) is 1.75. The Balaban J connectivity index is 2.43. The topological polar surface area (TPSA) is 48.3 Å². The maximum atomic E-state index is 13.3. The molecule has 0 unspecified atom stereocenters. The number of carbonyl (C=O) groups is 1. The normalized spacial score (nSPS) is 12.0. The van der Waals surface area contributed by atoms with Crippen LogP contribution in [0.4, 0.5) is 4.39 Å². The van der Waals surface area contributed by atoms with Crippen molar-refractivity contribution < 1.29 is 13.9 Å². The molecule has 0 saturated heterocycles. The lowest BCUT2D eigenvalue weighted by Crippen LogP contribution is -2.22. The van der Waals surface area contributed by atoms with Crippen molar-refractivity contribution in [3.63, 3.8) is 0 Å².